The van der Waals surface area contributed by atoms with Crippen molar-refractivity contribution in [2.24, 2.45) is 5.92 Å². The Morgan fingerprint density at radius 3 is 2.72 bits per heavy atom. The van der Waals surface area contributed by atoms with Crippen molar-refractivity contribution >= 4 is 5.91 Å². The third-order valence-electron chi connectivity index (χ3n) is 6.59. The number of likely N-dealkylation sites (tertiary alicyclic amines) is 1. The number of pyridine rings is 1. The summed E-state index contributed by atoms with van der Waals surface area (Å²) in [6.45, 7) is 4.86. The maximum absolute atomic E-state index is 13.1. The minimum absolute atomic E-state index is 0.00219. The van der Waals surface area contributed by atoms with Crippen molar-refractivity contribution in [3.05, 3.63) is 66.2 Å². The Balaban J connectivity index is 1.52. The molecule has 2 aromatic heterocycles. The van der Waals surface area contributed by atoms with E-state index >= 15 is 0 Å². The number of hydrogen-bond acceptors (Lipinski definition) is 5. The van der Waals surface area contributed by atoms with E-state index in [0.717, 1.165) is 48.2 Å². The summed E-state index contributed by atoms with van der Waals surface area (Å²) in [7, 11) is 0. The van der Waals surface area contributed by atoms with Crippen molar-refractivity contribution in [1.29, 1.82) is 0 Å². The van der Waals surface area contributed by atoms with E-state index in [-0.39, 0.29) is 17.7 Å². The number of ether oxygens (including phenoxy) is 1. The van der Waals surface area contributed by atoms with Gasteiger partial charge in [0.15, 0.2) is 5.82 Å². The first-order valence-electron chi connectivity index (χ1n) is 11.4. The molecule has 0 bridgehead atoms. The first-order chi connectivity index (χ1) is 15.7. The molecule has 2 fully saturated rings. The average molecular weight is 429 g/mol. The minimum Gasteiger partial charge on any atom is -0.381 e. The van der Waals surface area contributed by atoms with Gasteiger partial charge in [0.2, 0.25) is 5.91 Å². The van der Waals surface area contributed by atoms with Gasteiger partial charge >= 0.3 is 0 Å². The van der Waals surface area contributed by atoms with Crippen LogP contribution in [0, 0.1) is 12.8 Å². The van der Waals surface area contributed by atoms with Crippen molar-refractivity contribution in [2.75, 3.05) is 26.3 Å². The molecule has 6 nitrogen and oxygen atoms in total. The molecule has 1 aromatic carbocycles. The lowest BCUT2D eigenvalue weighted by atomic mass is 9.88. The Labute approximate surface area is 188 Å². The molecule has 2 saturated heterocycles. The average Bonchev–Trinajstić information content (AvgIpc) is 3.39. The number of benzene rings is 1. The summed E-state index contributed by atoms with van der Waals surface area (Å²) in [5.41, 5.74) is 5.38. The molecule has 3 aromatic rings. The van der Waals surface area contributed by atoms with E-state index < -0.39 is 0 Å². The predicted molar refractivity (Wildman–Crippen MR) is 123 cm³/mol. The molecule has 0 aliphatic carbocycles. The predicted octanol–water partition coefficient (Wildman–Crippen LogP) is 4.26. The zero-order chi connectivity index (χ0) is 21.9. The van der Waals surface area contributed by atoms with Crippen molar-refractivity contribution in [3.8, 4) is 22.5 Å². The molecular weight excluding hydrogens is 400 g/mol. The molecular formula is C26H28N4O2. The number of aryl methyl sites for hydroxylation is 1. The van der Waals surface area contributed by atoms with Gasteiger partial charge in [-0.05, 0) is 49.4 Å². The Bertz CT molecular complexity index is 1100. The Kier molecular flexibility index (Phi) is 5.95. The van der Waals surface area contributed by atoms with E-state index in [1.807, 2.05) is 23.2 Å². The molecule has 2 aliphatic heterocycles. The van der Waals surface area contributed by atoms with Crippen LogP contribution in [0.2, 0.25) is 0 Å². The number of carbonyl (C=O) groups excluding carboxylic acids is 1. The van der Waals surface area contributed by atoms with E-state index in [1.54, 1.807) is 12.4 Å². The van der Waals surface area contributed by atoms with Gasteiger partial charge < -0.3 is 9.64 Å². The molecule has 6 heteroatoms. The summed E-state index contributed by atoms with van der Waals surface area (Å²) < 4.78 is 5.46. The second kappa shape index (κ2) is 9.17. The molecule has 2 unspecified atom stereocenters. The van der Waals surface area contributed by atoms with Gasteiger partial charge in [-0.25, -0.2) is 9.97 Å². The normalized spacial score (nSPS) is 21.0. The van der Waals surface area contributed by atoms with E-state index in [1.165, 1.54) is 5.56 Å². The summed E-state index contributed by atoms with van der Waals surface area (Å²) >= 11 is 0. The summed E-state index contributed by atoms with van der Waals surface area (Å²) in [5.74, 6) is 1.11. The van der Waals surface area contributed by atoms with Gasteiger partial charge in [0.05, 0.1) is 18.2 Å². The van der Waals surface area contributed by atoms with Crippen LogP contribution in [0.3, 0.4) is 0 Å². The topological polar surface area (TPSA) is 68.2 Å². The number of rotatable bonds is 4. The molecule has 2 atom stereocenters. The van der Waals surface area contributed by atoms with Crippen LogP contribution in [0.4, 0.5) is 0 Å². The third-order valence-corrected chi connectivity index (χ3v) is 6.59. The lowest BCUT2D eigenvalue weighted by Gasteiger charge is -2.34. The smallest absolute Gasteiger partial charge is 0.228 e. The van der Waals surface area contributed by atoms with Gasteiger partial charge in [0.1, 0.15) is 0 Å². The lowest BCUT2D eigenvalue weighted by molar-refractivity contribution is -0.136. The molecule has 0 spiro atoms. The largest absolute Gasteiger partial charge is 0.381 e. The van der Waals surface area contributed by atoms with Crippen LogP contribution in [-0.4, -0.2) is 52.1 Å². The molecule has 4 heterocycles. The SMILES string of the molecule is Cc1ccccc1-c1cnc(-c2ccncc2)nc1C1CCCN(C(=O)C2CCOC2)C1. The van der Waals surface area contributed by atoms with E-state index in [4.69, 9.17) is 14.7 Å². The summed E-state index contributed by atoms with van der Waals surface area (Å²) in [5, 5.41) is 0. The van der Waals surface area contributed by atoms with Gasteiger partial charge in [-0.2, -0.15) is 0 Å². The Hall–Kier alpha value is -3.12. The highest BCUT2D eigenvalue weighted by atomic mass is 16.5. The van der Waals surface area contributed by atoms with Crippen LogP contribution in [-0.2, 0) is 9.53 Å². The second-order valence-corrected chi connectivity index (χ2v) is 8.73. The van der Waals surface area contributed by atoms with E-state index in [9.17, 15) is 4.79 Å². The van der Waals surface area contributed by atoms with Crippen molar-refractivity contribution in [3.63, 3.8) is 0 Å². The summed E-state index contributed by atoms with van der Waals surface area (Å²) in [4.78, 5) is 29.0. The highest BCUT2D eigenvalue weighted by Gasteiger charge is 2.33. The van der Waals surface area contributed by atoms with Gasteiger partial charge in [0.25, 0.3) is 0 Å². The number of piperidine rings is 1. The first-order valence-corrected chi connectivity index (χ1v) is 11.4. The van der Waals surface area contributed by atoms with Crippen LogP contribution in [0.1, 0.15) is 36.4 Å². The number of hydrogen-bond donors (Lipinski definition) is 0. The van der Waals surface area contributed by atoms with Gasteiger partial charge in [0, 0.05) is 55.3 Å². The van der Waals surface area contributed by atoms with E-state index in [0.29, 0.717) is 25.6 Å². The zero-order valence-electron chi connectivity index (χ0n) is 18.4. The molecule has 0 radical (unpaired) electrons. The molecule has 5 rings (SSSR count). The second-order valence-electron chi connectivity index (χ2n) is 8.73. The van der Waals surface area contributed by atoms with Crippen molar-refractivity contribution in [1.82, 2.24) is 19.9 Å². The molecule has 0 saturated carbocycles. The van der Waals surface area contributed by atoms with Crippen molar-refractivity contribution < 1.29 is 9.53 Å². The summed E-state index contributed by atoms with van der Waals surface area (Å²) in [6.07, 6.45) is 8.29. The fourth-order valence-corrected chi connectivity index (χ4v) is 4.82. The molecule has 32 heavy (non-hydrogen) atoms. The fourth-order valence-electron chi connectivity index (χ4n) is 4.82. The maximum atomic E-state index is 13.1. The molecule has 0 N–H and O–H groups in total. The van der Waals surface area contributed by atoms with E-state index in [2.05, 4.69) is 36.2 Å². The fraction of sp³-hybridized carbons (Fsp3) is 0.385. The van der Waals surface area contributed by atoms with Crippen LogP contribution in [0.5, 0.6) is 0 Å². The van der Waals surface area contributed by atoms with Crippen molar-refractivity contribution in [2.45, 2.75) is 32.1 Å². The van der Waals surface area contributed by atoms with Gasteiger partial charge in [-0.15, -0.1) is 0 Å². The Morgan fingerprint density at radius 1 is 1.09 bits per heavy atom. The lowest BCUT2D eigenvalue weighted by Crippen LogP contribution is -2.42. The van der Waals surface area contributed by atoms with Crippen LogP contribution >= 0.6 is 0 Å². The molecule has 164 valence electrons. The van der Waals surface area contributed by atoms with Gasteiger partial charge in [-0.3, -0.25) is 9.78 Å². The highest BCUT2D eigenvalue weighted by molar-refractivity contribution is 5.79. The number of amides is 1. The van der Waals surface area contributed by atoms with Crippen LogP contribution in [0.15, 0.2) is 55.0 Å². The quantitative estimate of drug-likeness (QED) is 0.621. The van der Waals surface area contributed by atoms with Gasteiger partial charge in [-0.1, -0.05) is 24.3 Å². The molecule has 2 aliphatic rings. The first kappa shape index (κ1) is 20.8. The number of carbonyl (C=O) groups is 1. The molecule has 1 amide bonds. The summed E-state index contributed by atoms with van der Waals surface area (Å²) in [6, 6.07) is 12.2. The highest BCUT2D eigenvalue weighted by Crippen LogP contribution is 2.36. The minimum atomic E-state index is 0.00219. The van der Waals surface area contributed by atoms with Crippen LogP contribution in [0.25, 0.3) is 22.5 Å². The van der Waals surface area contributed by atoms with Crippen LogP contribution < -0.4 is 0 Å². The monoisotopic (exact) mass is 428 g/mol. The zero-order valence-corrected chi connectivity index (χ0v) is 18.4. The standard InChI is InChI=1S/C26H28N4O2/c1-18-5-2-3-7-22(18)23-15-28-25(19-8-11-27-12-9-19)29-24(23)20-6-4-13-30(16-20)26(31)21-10-14-32-17-21/h2-3,5,7-9,11-12,15,20-21H,4,6,10,13-14,16-17H2,1H3. The number of nitrogens with zero attached hydrogens (tertiary/aromatic N) is 4. The number of aromatic nitrogens is 3. The maximum Gasteiger partial charge on any atom is 0.228 e. The third kappa shape index (κ3) is 4.15. The Morgan fingerprint density at radius 2 is 1.94 bits per heavy atom.